The molecule has 1 aromatic rings. The Balaban J connectivity index is 1.37. The monoisotopic (exact) mass is 510 g/mol. The molecule has 0 bridgehead atoms. The van der Waals surface area contributed by atoms with Gasteiger partial charge in [-0.2, -0.15) is 0 Å². The van der Waals surface area contributed by atoms with Crippen molar-refractivity contribution in [2.45, 2.75) is 63.3 Å². The number of hydrogen-bond donors (Lipinski definition) is 6. The van der Waals surface area contributed by atoms with Gasteiger partial charge in [0.1, 0.15) is 5.84 Å². The zero-order valence-corrected chi connectivity index (χ0v) is 21.9. The Morgan fingerprint density at radius 1 is 1.14 bits per heavy atom. The van der Waals surface area contributed by atoms with Crippen LogP contribution in [0.4, 0.5) is 0 Å². The maximum atomic E-state index is 12.5. The van der Waals surface area contributed by atoms with Crippen LogP contribution in [0, 0.1) is 17.2 Å². The van der Waals surface area contributed by atoms with Gasteiger partial charge in [-0.25, -0.2) is 0 Å². The topological polar surface area (TPSA) is 155 Å². The average molecular weight is 511 g/mol. The lowest BCUT2D eigenvalue weighted by molar-refractivity contribution is -0.123. The van der Waals surface area contributed by atoms with Gasteiger partial charge in [-0.05, 0) is 50.5 Å². The van der Waals surface area contributed by atoms with E-state index in [0.29, 0.717) is 31.0 Å². The van der Waals surface area contributed by atoms with Crippen molar-refractivity contribution in [3.63, 3.8) is 0 Å². The summed E-state index contributed by atoms with van der Waals surface area (Å²) < 4.78 is 6.31. The third-order valence-corrected chi connectivity index (χ3v) is 6.90. The molecule has 5 unspecified atom stereocenters. The molecule has 202 valence electrons. The van der Waals surface area contributed by atoms with Crippen molar-refractivity contribution in [2.24, 2.45) is 23.3 Å². The first-order chi connectivity index (χ1) is 17.8. The molecule has 2 aliphatic carbocycles. The van der Waals surface area contributed by atoms with E-state index in [4.69, 9.17) is 21.6 Å². The molecular formula is C28H42N6O3. The molecule has 2 amide bonds. The maximum absolute atomic E-state index is 12.5. The summed E-state index contributed by atoms with van der Waals surface area (Å²) in [5.74, 6) is 0.521. The Kier molecular flexibility index (Phi) is 10.9. The van der Waals surface area contributed by atoms with Crippen LogP contribution in [0.25, 0.3) is 0 Å². The molecule has 9 nitrogen and oxygen atoms in total. The molecule has 0 aliphatic heterocycles. The molecule has 0 saturated heterocycles. The minimum absolute atomic E-state index is 0.0129. The van der Waals surface area contributed by atoms with Crippen LogP contribution >= 0.6 is 0 Å². The van der Waals surface area contributed by atoms with Gasteiger partial charge in [-0.3, -0.25) is 15.0 Å². The number of nitrogen functional groups attached to an aromatic ring is 1. The lowest BCUT2D eigenvalue weighted by Crippen LogP contribution is -2.47. The Morgan fingerprint density at radius 3 is 2.49 bits per heavy atom. The number of amides is 2. The Bertz CT molecular complexity index is 973. The number of benzene rings is 1. The number of nitrogens with one attached hydrogen (secondary N) is 4. The molecule has 0 spiro atoms. The van der Waals surface area contributed by atoms with E-state index >= 15 is 0 Å². The fraction of sp³-hybridized carbons (Fsp3) is 0.536. The molecule has 3 rings (SSSR count). The number of carbonyl (C=O) groups is 2. The highest BCUT2D eigenvalue weighted by Gasteiger charge is 2.35. The quantitative estimate of drug-likeness (QED) is 0.119. The van der Waals surface area contributed by atoms with E-state index in [1.807, 2.05) is 31.2 Å². The summed E-state index contributed by atoms with van der Waals surface area (Å²) >= 11 is 0. The predicted octanol–water partition coefficient (Wildman–Crippen LogP) is 1.37. The van der Waals surface area contributed by atoms with Crippen LogP contribution in [0.2, 0.25) is 0 Å². The fourth-order valence-electron chi connectivity index (χ4n) is 4.55. The molecular weight excluding hydrogens is 468 g/mol. The summed E-state index contributed by atoms with van der Waals surface area (Å²) in [7, 11) is 1.67. The molecule has 2 aliphatic rings. The number of nitrogens with two attached hydrogens (primary N) is 2. The van der Waals surface area contributed by atoms with E-state index < -0.39 is 6.04 Å². The summed E-state index contributed by atoms with van der Waals surface area (Å²) in [5.41, 5.74) is 13.2. The highest BCUT2D eigenvalue weighted by atomic mass is 16.5. The molecule has 0 heterocycles. The van der Waals surface area contributed by atoms with Crippen LogP contribution in [-0.4, -0.2) is 62.1 Å². The van der Waals surface area contributed by atoms with Gasteiger partial charge in [0.2, 0.25) is 11.8 Å². The van der Waals surface area contributed by atoms with Gasteiger partial charge in [0.25, 0.3) is 0 Å². The Labute approximate surface area is 220 Å². The number of amidine groups is 1. The maximum Gasteiger partial charge on any atom is 0.237 e. The molecule has 37 heavy (non-hydrogen) atoms. The Hall–Kier alpha value is -3.01. The van der Waals surface area contributed by atoms with E-state index in [-0.39, 0.29) is 41.8 Å². The first kappa shape index (κ1) is 28.6. The first-order valence-corrected chi connectivity index (χ1v) is 13.2. The van der Waals surface area contributed by atoms with Crippen LogP contribution in [0.1, 0.15) is 43.7 Å². The fourth-order valence-corrected chi connectivity index (χ4v) is 4.55. The highest BCUT2D eigenvalue weighted by Crippen LogP contribution is 2.32. The third-order valence-electron chi connectivity index (χ3n) is 6.90. The van der Waals surface area contributed by atoms with Crippen LogP contribution < -0.4 is 27.4 Å². The first-order valence-electron chi connectivity index (χ1n) is 13.2. The minimum atomic E-state index is -0.639. The second-order valence-electron chi connectivity index (χ2n) is 10.0. The second kappa shape index (κ2) is 14.1. The molecule has 9 heteroatoms. The highest BCUT2D eigenvalue weighted by molar-refractivity contribution is 5.94. The van der Waals surface area contributed by atoms with Crippen LogP contribution in [0.5, 0.6) is 0 Å². The van der Waals surface area contributed by atoms with Crippen molar-refractivity contribution in [2.75, 3.05) is 20.1 Å². The summed E-state index contributed by atoms with van der Waals surface area (Å²) in [4.78, 5) is 24.6. The van der Waals surface area contributed by atoms with Crippen molar-refractivity contribution >= 4 is 17.6 Å². The summed E-state index contributed by atoms with van der Waals surface area (Å²) in [5, 5.41) is 16.5. The molecule has 0 aromatic heterocycles. The van der Waals surface area contributed by atoms with Crippen LogP contribution in [0.3, 0.4) is 0 Å². The third kappa shape index (κ3) is 9.10. The number of hydrogen-bond acceptors (Lipinski definition) is 6. The van der Waals surface area contributed by atoms with Crippen LogP contribution in [0.15, 0.2) is 48.6 Å². The van der Waals surface area contributed by atoms with Gasteiger partial charge in [-0.1, -0.05) is 48.6 Å². The van der Waals surface area contributed by atoms with Gasteiger partial charge < -0.3 is 32.2 Å². The van der Waals surface area contributed by atoms with Crippen molar-refractivity contribution in [3.8, 4) is 0 Å². The van der Waals surface area contributed by atoms with Crippen molar-refractivity contribution in [3.05, 3.63) is 59.7 Å². The van der Waals surface area contributed by atoms with E-state index in [0.717, 1.165) is 31.2 Å². The van der Waals surface area contributed by atoms with Crippen molar-refractivity contribution < 1.29 is 14.3 Å². The smallest absolute Gasteiger partial charge is 0.237 e. The number of ether oxygens (including phenoxy) is 1. The molecule has 8 N–H and O–H groups in total. The lowest BCUT2D eigenvalue weighted by Gasteiger charge is -2.28. The zero-order chi connectivity index (χ0) is 26.8. The van der Waals surface area contributed by atoms with Crippen molar-refractivity contribution in [1.29, 1.82) is 5.41 Å². The van der Waals surface area contributed by atoms with Gasteiger partial charge in [0, 0.05) is 31.6 Å². The molecule has 0 radical (unpaired) electrons. The van der Waals surface area contributed by atoms with Gasteiger partial charge in [0.05, 0.1) is 24.3 Å². The van der Waals surface area contributed by atoms with Crippen LogP contribution in [-0.2, 0) is 20.7 Å². The number of rotatable bonds is 15. The van der Waals surface area contributed by atoms with Gasteiger partial charge in [-0.15, -0.1) is 0 Å². The molecule has 1 aromatic carbocycles. The normalized spacial score (nSPS) is 21.2. The number of allylic oxidation sites excluding steroid dienone is 2. The van der Waals surface area contributed by atoms with E-state index in [2.05, 4.69) is 28.1 Å². The SMILES string of the molecule is CNC(=O)C(NCC(C)OC1C=CC=CC1CCCNC(=O)C(N)Cc1ccc(C(=N)N)cc1)C1CC1. The largest absolute Gasteiger partial charge is 0.384 e. The zero-order valence-electron chi connectivity index (χ0n) is 21.9. The second-order valence-corrected chi connectivity index (χ2v) is 10.0. The van der Waals surface area contributed by atoms with E-state index in [1.54, 1.807) is 19.2 Å². The minimum Gasteiger partial charge on any atom is -0.384 e. The predicted molar refractivity (Wildman–Crippen MR) is 146 cm³/mol. The number of carbonyl (C=O) groups excluding carboxylic acids is 2. The van der Waals surface area contributed by atoms with Gasteiger partial charge >= 0.3 is 0 Å². The Morgan fingerprint density at radius 2 is 1.84 bits per heavy atom. The lowest BCUT2D eigenvalue weighted by atomic mass is 9.92. The van der Waals surface area contributed by atoms with E-state index in [9.17, 15) is 9.59 Å². The number of likely N-dealkylation sites (N-methyl/N-ethyl adjacent to an activating group) is 1. The summed E-state index contributed by atoms with van der Waals surface area (Å²) in [6.07, 6.45) is 12.5. The standard InChI is InChI=1S/C28H42N6O3/c1-18(17-34-25(21-13-14-21)28(36)32-2)37-24-8-4-3-6-20(24)7-5-15-33-27(35)23(29)16-19-9-11-22(12-10-19)26(30)31/h3-4,6,8-12,18,20-21,23-25,34H,5,7,13-17,29H2,1-2H3,(H3,30,31)(H,32,36)(H,33,35). The molecule has 5 atom stereocenters. The summed E-state index contributed by atoms with van der Waals surface area (Å²) in [6.45, 7) is 3.18. The van der Waals surface area contributed by atoms with Crippen molar-refractivity contribution in [1.82, 2.24) is 16.0 Å². The van der Waals surface area contributed by atoms with E-state index in [1.165, 1.54) is 0 Å². The molecule has 1 fully saturated rings. The average Bonchev–Trinajstić information content (AvgIpc) is 3.73. The molecule has 1 saturated carbocycles. The summed E-state index contributed by atoms with van der Waals surface area (Å²) in [6, 6.07) is 6.42. The van der Waals surface area contributed by atoms with Gasteiger partial charge in [0.15, 0.2) is 0 Å².